The van der Waals surface area contributed by atoms with Crippen molar-refractivity contribution < 1.29 is 13.9 Å². The Morgan fingerprint density at radius 2 is 2.40 bits per heavy atom. The van der Waals surface area contributed by atoms with Gasteiger partial charge in [0.2, 0.25) is 11.8 Å². The number of amides is 1. The molecule has 0 aliphatic carbocycles. The van der Waals surface area contributed by atoms with Crippen LogP contribution in [0.25, 0.3) is 0 Å². The number of nitrogens with zero attached hydrogens (tertiary/aromatic N) is 2. The molecule has 1 fully saturated rings. The van der Waals surface area contributed by atoms with E-state index in [2.05, 4.69) is 15.5 Å². The molecule has 1 amide bonds. The van der Waals surface area contributed by atoms with Crippen LogP contribution in [-0.4, -0.2) is 22.7 Å². The Kier molecular flexibility index (Phi) is 4.00. The molecule has 0 radical (unpaired) electrons. The van der Waals surface area contributed by atoms with E-state index in [1.54, 1.807) is 6.07 Å². The van der Waals surface area contributed by atoms with Gasteiger partial charge in [-0.2, -0.15) is 0 Å². The molecule has 6 nitrogen and oxygen atoms in total. The van der Waals surface area contributed by atoms with Crippen molar-refractivity contribution in [2.45, 2.75) is 25.4 Å². The number of halogens is 1. The number of rotatable bonds is 4. The molecular formula is C12H12ClN3O3S. The lowest BCUT2D eigenvalue weighted by Crippen LogP contribution is -2.13. The number of hydrogen-bond acceptors (Lipinski definition) is 6. The van der Waals surface area contributed by atoms with Gasteiger partial charge in [0.1, 0.15) is 6.10 Å². The highest BCUT2D eigenvalue weighted by atomic mass is 35.5. The smallest absolute Gasteiger partial charge is 0.322 e. The molecule has 2 aromatic heterocycles. The summed E-state index contributed by atoms with van der Waals surface area (Å²) in [5, 5.41) is 10.3. The van der Waals surface area contributed by atoms with Gasteiger partial charge >= 0.3 is 6.01 Å². The van der Waals surface area contributed by atoms with Crippen molar-refractivity contribution in [1.29, 1.82) is 0 Å². The van der Waals surface area contributed by atoms with Crippen LogP contribution >= 0.6 is 22.9 Å². The van der Waals surface area contributed by atoms with E-state index in [0.717, 1.165) is 17.7 Å². The molecule has 3 rings (SSSR count). The molecule has 1 N–H and O–H groups in total. The molecule has 0 spiro atoms. The number of carbonyl (C=O) groups excluding carboxylic acids is 1. The molecule has 1 unspecified atom stereocenters. The third kappa shape index (κ3) is 3.17. The first kappa shape index (κ1) is 13.5. The van der Waals surface area contributed by atoms with Crippen molar-refractivity contribution in [2.75, 3.05) is 11.9 Å². The van der Waals surface area contributed by atoms with Crippen LogP contribution in [0.4, 0.5) is 6.01 Å². The van der Waals surface area contributed by atoms with E-state index in [-0.39, 0.29) is 24.4 Å². The van der Waals surface area contributed by atoms with Crippen LogP contribution in [0.15, 0.2) is 16.5 Å². The minimum atomic E-state index is -0.217. The van der Waals surface area contributed by atoms with Gasteiger partial charge in [-0.1, -0.05) is 16.7 Å². The quantitative estimate of drug-likeness (QED) is 0.939. The molecule has 1 aliphatic heterocycles. The van der Waals surface area contributed by atoms with Crippen LogP contribution in [-0.2, 0) is 16.0 Å². The van der Waals surface area contributed by atoms with Crippen LogP contribution in [0.2, 0.25) is 4.34 Å². The van der Waals surface area contributed by atoms with Crippen LogP contribution in [0.3, 0.4) is 0 Å². The predicted molar refractivity (Wildman–Crippen MR) is 73.9 cm³/mol. The second-order valence-electron chi connectivity index (χ2n) is 4.38. The van der Waals surface area contributed by atoms with Gasteiger partial charge in [0.05, 0.1) is 10.8 Å². The normalized spacial score (nSPS) is 18.4. The molecule has 0 saturated carbocycles. The summed E-state index contributed by atoms with van der Waals surface area (Å²) in [6, 6.07) is 3.68. The highest BCUT2D eigenvalue weighted by Gasteiger charge is 2.24. The number of carbonyl (C=O) groups is 1. The maximum Gasteiger partial charge on any atom is 0.322 e. The molecule has 2 aromatic rings. The van der Waals surface area contributed by atoms with Gasteiger partial charge < -0.3 is 9.15 Å². The van der Waals surface area contributed by atoms with Crippen molar-refractivity contribution in [3.63, 3.8) is 0 Å². The zero-order valence-electron chi connectivity index (χ0n) is 10.5. The SMILES string of the molecule is O=C(Cc1ccc(Cl)s1)Nc1nnc(C2CCCO2)o1. The Hall–Kier alpha value is -1.44. The minimum absolute atomic E-state index is 0.100. The largest absolute Gasteiger partial charge is 0.405 e. The fourth-order valence-electron chi connectivity index (χ4n) is 1.96. The third-order valence-electron chi connectivity index (χ3n) is 2.86. The number of hydrogen-bond donors (Lipinski definition) is 1. The van der Waals surface area contributed by atoms with Crippen LogP contribution in [0.5, 0.6) is 0 Å². The highest BCUT2D eigenvalue weighted by Crippen LogP contribution is 2.28. The second kappa shape index (κ2) is 5.90. The van der Waals surface area contributed by atoms with E-state index in [1.165, 1.54) is 11.3 Å². The second-order valence-corrected chi connectivity index (χ2v) is 6.18. The molecule has 0 bridgehead atoms. The fourth-order valence-corrected chi connectivity index (χ4v) is 3.04. The minimum Gasteiger partial charge on any atom is -0.405 e. The first-order valence-electron chi connectivity index (χ1n) is 6.20. The van der Waals surface area contributed by atoms with Gasteiger partial charge in [0.25, 0.3) is 0 Å². The molecule has 8 heteroatoms. The maximum atomic E-state index is 11.8. The Bertz CT molecular complexity index is 607. The zero-order chi connectivity index (χ0) is 13.9. The monoisotopic (exact) mass is 313 g/mol. The van der Waals surface area contributed by atoms with E-state index in [1.807, 2.05) is 6.07 Å². The summed E-state index contributed by atoms with van der Waals surface area (Å²) >= 11 is 7.18. The van der Waals surface area contributed by atoms with Crippen LogP contribution in [0, 0.1) is 0 Å². The molecule has 1 atom stereocenters. The summed E-state index contributed by atoms with van der Waals surface area (Å²) in [5.41, 5.74) is 0. The van der Waals surface area contributed by atoms with Gasteiger partial charge in [-0.3, -0.25) is 10.1 Å². The molecule has 3 heterocycles. The summed E-state index contributed by atoms with van der Waals surface area (Å²) in [5.74, 6) is 0.197. The number of nitrogens with one attached hydrogen (secondary N) is 1. The summed E-state index contributed by atoms with van der Waals surface area (Å²) in [7, 11) is 0. The molecular weight excluding hydrogens is 302 g/mol. The van der Waals surface area contributed by atoms with Crippen molar-refractivity contribution in [2.24, 2.45) is 0 Å². The summed E-state index contributed by atoms with van der Waals surface area (Å²) in [6.07, 6.45) is 1.93. The van der Waals surface area contributed by atoms with E-state index >= 15 is 0 Å². The fraction of sp³-hybridized carbons (Fsp3) is 0.417. The number of anilines is 1. The lowest BCUT2D eigenvalue weighted by atomic mass is 10.2. The Balaban J connectivity index is 1.58. The predicted octanol–water partition coefficient (Wildman–Crippen LogP) is 2.82. The third-order valence-corrected chi connectivity index (χ3v) is 4.09. The molecule has 1 aliphatic rings. The van der Waals surface area contributed by atoms with E-state index in [9.17, 15) is 4.79 Å². The van der Waals surface area contributed by atoms with Gasteiger partial charge in [-0.15, -0.1) is 16.4 Å². The van der Waals surface area contributed by atoms with Crippen molar-refractivity contribution in [3.05, 3.63) is 27.2 Å². The van der Waals surface area contributed by atoms with Gasteiger partial charge in [0, 0.05) is 11.5 Å². The lowest BCUT2D eigenvalue weighted by molar-refractivity contribution is -0.115. The Morgan fingerprint density at radius 3 is 3.10 bits per heavy atom. The van der Waals surface area contributed by atoms with Crippen LogP contribution < -0.4 is 5.32 Å². The summed E-state index contributed by atoms with van der Waals surface area (Å²) < 4.78 is 11.5. The summed E-state index contributed by atoms with van der Waals surface area (Å²) in [6.45, 7) is 0.702. The molecule has 1 saturated heterocycles. The molecule has 106 valence electrons. The first-order valence-corrected chi connectivity index (χ1v) is 7.39. The van der Waals surface area contributed by atoms with Crippen LogP contribution in [0.1, 0.15) is 29.7 Å². The Labute approximate surface area is 124 Å². The topological polar surface area (TPSA) is 77.2 Å². The average Bonchev–Trinajstić information content (AvgIpc) is 3.10. The molecule has 20 heavy (non-hydrogen) atoms. The van der Waals surface area contributed by atoms with E-state index in [4.69, 9.17) is 20.8 Å². The summed E-state index contributed by atoms with van der Waals surface area (Å²) in [4.78, 5) is 12.7. The van der Waals surface area contributed by atoms with E-state index < -0.39 is 0 Å². The van der Waals surface area contributed by atoms with E-state index in [0.29, 0.717) is 16.8 Å². The maximum absolute atomic E-state index is 11.8. The lowest BCUT2D eigenvalue weighted by Gasteiger charge is -2.02. The van der Waals surface area contributed by atoms with Gasteiger partial charge in [0.15, 0.2) is 0 Å². The highest BCUT2D eigenvalue weighted by molar-refractivity contribution is 7.16. The zero-order valence-corrected chi connectivity index (χ0v) is 12.0. The number of aromatic nitrogens is 2. The average molecular weight is 314 g/mol. The Morgan fingerprint density at radius 1 is 1.50 bits per heavy atom. The van der Waals surface area contributed by atoms with Crippen molar-refractivity contribution in [1.82, 2.24) is 10.2 Å². The number of thiophene rings is 1. The van der Waals surface area contributed by atoms with Crippen molar-refractivity contribution >= 4 is 34.9 Å². The van der Waals surface area contributed by atoms with Gasteiger partial charge in [-0.05, 0) is 25.0 Å². The van der Waals surface area contributed by atoms with Gasteiger partial charge in [-0.25, -0.2) is 0 Å². The molecule has 0 aromatic carbocycles. The van der Waals surface area contributed by atoms with Crippen molar-refractivity contribution in [3.8, 4) is 0 Å². The standard InChI is InChI=1S/C12H12ClN3O3S/c13-9-4-3-7(20-9)6-10(17)14-12-16-15-11(19-12)8-2-1-5-18-8/h3-4,8H,1-2,5-6H2,(H,14,16,17). The number of ether oxygens (including phenoxy) is 1. The first-order chi connectivity index (χ1) is 9.70.